The molecule has 1 aliphatic carbocycles. The van der Waals surface area contributed by atoms with Crippen LogP contribution in [0.3, 0.4) is 0 Å². The molecule has 7 rings (SSSR count). The third-order valence-corrected chi connectivity index (χ3v) is 15.2. The molecule has 2 saturated heterocycles. The topological polar surface area (TPSA) is 215 Å². The maximum absolute atomic E-state index is 14.1. The highest BCUT2D eigenvalue weighted by Crippen LogP contribution is 2.56. The third kappa shape index (κ3) is 12.3. The minimum absolute atomic E-state index is 0.0219. The van der Waals surface area contributed by atoms with Gasteiger partial charge in [-0.25, -0.2) is 4.98 Å². The number of aliphatic hydroxyl groups excluding tert-OH is 1. The summed E-state index contributed by atoms with van der Waals surface area (Å²) in [6.07, 6.45) is -6.13. The van der Waals surface area contributed by atoms with Gasteiger partial charge in [0.25, 0.3) is 5.91 Å². The normalized spacial score (nSPS) is 21.6. The first kappa shape index (κ1) is 54.6. The number of thiazole rings is 1. The molecule has 3 fully saturated rings. The molecular weight excluding hydrogens is 966 g/mol. The number of carbonyl (C=O) groups excluding carboxylic acids is 4. The Kier molecular flexibility index (Phi) is 16.2. The summed E-state index contributed by atoms with van der Waals surface area (Å²) in [5, 5.41) is 37.3. The molecule has 2 aromatic carbocycles. The largest absolute Gasteiger partial charge is 0.489 e. The molecule has 2 aliphatic heterocycles. The Morgan fingerprint density at radius 2 is 1.64 bits per heavy atom. The lowest BCUT2D eigenvalue weighted by Gasteiger charge is -2.63. The molecule has 4 amide bonds. The van der Waals surface area contributed by atoms with Gasteiger partial charge in [0.15, 0.2) is 11.5 Å². The second-order valence-corrected chi connectivity index (χ2v) is 22.3. The maximum Gasteiger partial charge on any atom is 0.417 e. The molecule has 4 heterocycles. The van der Waals surface area contributed by atoms with E-state index in [4.69, 9.17) is 9.47 Å². The van der Waals surface area contributed by atoms with E-state index in [1.807, 2.05) is 86.6 Å². The van der Waals surface area contributed by atoms with E-state index in [0.29, 0.717) is 38.5 Å². The van der Waals surface area contributed by atoms with Gasteiger partial charge in [0.1, 0.15) is 30.5 Å². The van der Waals surface area contributed by atoms with Gasteiger partial charge in [-0.15, -0.1) is 21.5 Å². The van der Waals surface area contributed by atoms with Crippen molar-refractivity contribution in [2.24, 2.45) is 16.2 Å². The van der Waals surface area contributed by atoms with Gasteiger partial charge in [-0.05, 0) is 60.7 Å². The zero-order chi connectivity index (χ0) is 53.2. The molecule has 1 saturated carbocycles. The molecule has 392 valence electrons. The predicted octanol–water partition coefficient (Wildman–Crippen LogP) is 5.92. The van der Waals surface area contributed by atoms with Gasteiger partial charge in [-0.2, -0.15) is 18.4 Å². The smallest absolute Gasteiger partial charge is 0.417 e. The number of halogens is 3. The van der Waals surface area contributed by atoms with Gasteiger partial charge < -0.3 is 40.3 Å². The average Bonchev–Trinajstić information content (AvgIpc) is 3.97. The van der Waals surface area contributed by atoms with Crippen molar-refractivity contribution in [2.45, 2.75) is 111 Å². The minimum Gasteiger partial charge on any atom is -0.489 e. The number of aromatic nitrogens is 3. The summed E-state index contributed by atoms with van der Waals surface area (Å²) in [5.74, 6) is -1.21. The van der Waals surface area contributed by atoms with Crippen molar-refractivity contribution in [3.8, 4) is 22.3 Å². The van der Waals surface area contributed by atoms with Crippen molar-refractivity contribution in [3.63, 3.8) is 0 Å². The number of nitrogens with one attached hydrogen (secondary N) is 3. The van der Waals surface area contributed by atoms with E-state index in [-0.39, 0.29) is 43.7 Å². The molecule has 4 atom stereocenters. The summed E-state index contributed by atoms with van der Waals surface area (Å²) in [4.78, 5) is 65.5. The van der Waals surface area contributed by atoms with Crippen LogP contribution in [0.4, 0.5) is 19.0 Å². The average molecular weight is 1030 g/mol. The van der Waals surface area contributed by atoms with Crippen molar-refractivity contribution >= 4 is 40.8 Å². The van der Waals surface area contributed by atoms with Crippen LogP contribution in [0.5, 0.6) is 5.75 Å². The lowest BCUT2D eigenvalue weighted by molar-refractivity contribution is -0.164. The SMILES string of the molecule is Cc1ncsc1-c1ccc([C@H](C)NC(=O)[C@@H]2C[C@@H](O)CN2C(=O)[C@@H](NC(=O)COCCN2CCN(c3ccc(C(=O)N[C@H]4C(C)(C)[C@H](Oc5ccc(C#N)c(C(F)(F)F)c5)C4(C)C)nn3)CC2)C(C)(C)C)cc1. The van der Waals surface area contributed by atoms with E-state index >= 15 is 0 Å². The van der Waals surface area contributed by atoms with Crippen LogP contribution >= 0.6 is 11.3 Å². The lowest BCUT2D eigenvalue weighted by Crippen LogP contribution is -2.74. The number of nitriles is 1. The van der Waals surface area contributed by atoms with E-state index in [2.05, 4.69) is 40.9 Å². The quantitative estimate of drug-likeness (QED) is 0.0961. The van der Waals surface area contributed by atoms with E-state index < -0.39 is 87.5 Å². The second kappa shape index (κ2) is 21.7. The zero-order valence-corrected chi connectivity index (χ0v) is 43.5. The number of anilines is 1. The van der Waals surface area contributed by atoms with E-state index in [1.165, 1.54) is 11.0 Å². The van der Waals surface area contributed by atoms with Gasteiger partial charge in [0, 0.05) is 62.6 Å². The minimum atomic E-state index is -4.73. The van der Waals surface area contributed by atoms with Crippen LogP contribution in [0.15, 0.2) is 60.1 Å². The molecule has 3 aliphatic rings. The van der Waals surface area contributed by atoms with E-state index in [1.54, 1.807) is 35.0 Å². The molecule has 0 radical (unpaired) electrons. The van der Waals surface area contributed by atoms with Gasteiger partial charge in [-0.1, -0.05) is 72.7 Å². The predicted molar refractivity (Wildman–Crippen MR) is 267 cm³/mol. The van der Waals surface area contributed by atoms with Crippen molar-refractivity contribution in [2.75, 3.05) is 57.4 Å². The summed E-state index contributed by atoms with van der Waals surface area (Å²) in [5.41, 5.74) is 1.10. The number of rotatable bonds is 16. The number of piperazine rings is 1. The summed E-state index contributed by atoms with van der Waals surface area (Å²) < 4.78 is 52.7. The van der Waals surface area contributed by atoms with Gasteiger partial charge >= 0.3 is 6.18 Å². The van der Waals surface area contributed by atoms with Crippen LogP contribution in [0, 0.1) is 34.5 Å². The van der Waals surface area contributed by atoms with Crippen molar-refractivity contribution in [3.05, 3.63) is 88.2 Å². The highest BCUT2D eigenvalue weighted by atomic mass is 32.1. The number of hydrogen-bond acceptors (Lipinski definition) is 14. The van der Waals surface area contributed by atoms with Crippen molar-refractivity contribution < 1.29 is 46.9 Å². The number of aliphatic hydroxyl groups is 1. The standard InChI is InChI=1S/C52H65F3N10O7S/c1-30(32-10-12-33(13-11-32)42-31(2)57-29-73-42)58-45(69)39-24-35(66)27-65(39)46(70)43(49(3,4)5)59-41(67)28-71-23-22-63-18-20-64(21-19-63)40-17-16-38(61-62-40)44(68)60-47-50(6,7)48(51(47,8)9)72-36-15-14-34(26-56)37(25-36)52(53,54)55/h10-17,25,29-30,35,39,43,47-48,66H,18-24,27-28H2,1-9H3,(H,58,69)(H,59,67)(H,60,68)/t30-,35+,39-,43+,47-,48-/m0/s1. The number of nitrogens with zero attached hydrogens (tertiary/aromatic N) is 7. The fourth-order valence-corrected chi connectivity index (χ4v) is 11.3. The number of carbonyl (C=O) groups is 4. The monoisotopic (exact) mass is 1030 g/mol. The number of aryl methyl sites for hydroxylation is 1. The summed E-state index contributed by atoms with van der Waals surface area (Å²) in [6, 6.07) is 13.3. The fourth-order valence-electron chi connectivity index (χ4n) is 10.5. The number of benzene rings is 2. The van der Waals surface area contributed by atoms with Crippen LogP contribution in [0.25, 0.3) is 10.4 Å². The molecule has 73 heavy (non-hydrogen) atoms. The zero-order valence-electron chi connectivity index (χ0n) is 42.7. The molecule has 4 aromatic rings. The number of amides is 4. The van der Waals surface area contributed by atoms with Crippen LogP contribution in [0.2, 0.25) is 0 Å². The first-order chi connectivity index (χ1) is 34.3. The van der Waals surface area contributed by atoms with Crippen LogP contribution in [0.1, 0.15) is 101 Å². The first-order valence-corrected chi connectivity index (χ1v) is 25.2. The van der Waals surface area contributed by atoms with Crippen molar-refractivity contribution in [1.29, 1.82) is 5.26 Å². The Bertz CT molecular complexity index is 2660. The first-order valence-electron chi connectivity index (χ1n) is 24.4. The summed E-state index contributed by atoms with van der Waals surface area (Å²) in [6.45, 7) is 19.8. The van der Waals surface area contributed by atoms with Crippen molar-refractivity contribution in [1.82, 2.24) is 40.9 Å². The van der Waals surface area contributed by atoms with Crippen LogP contribution < -0.4 is 25.6 Å². The van der Waals surface area contributed by atoms with E-state index in [9.17, 15) is 42.7 Å². The second-order valence-electron chi connectivity index (χ2n) is 21.4. The summed E-state index contributed by atoms with van der Waals surface area (Å²) >= 11 is 1.56. The Morgan fingerprint density at radius 3 is 2.23 bits per heavy atom. The number of ether oxygens (including phenoxy) is 2. The molecule has 0 unspecified atom stereocenters. The van der Waals surface area contributed by atoms with Gasteiger partial charge in [0.2, 0.25) is 17.7 Å². The lowest BCUT2D eigenvalue weighted by atomic mass is 9.49. The number of alkyl halides is 3. The molecule has 21 heteroatoms. The number of likely N-dealkylation sites (tertiary alicyclic amines) is 1. The molecule has 2 aromatic heterocycles. The van der Waals surface area contributed by atoms with Gasteiger partial charge in [0.05, 0.1) is 52.0 Å². The fraction of sp³-hybridized carbons (Fsp3) is 0.538. The van der Waals surface area contributed by atoms with Crippen LogP contribution in [-0.2, 0) is 25.3 Å². The number of hydrogen-bond donors (Lipinski definition) is 4. The molecule has 0 bridgehead atoms. The highest BCUT2D eigenvalue weighted by Gasteiger charge is 2.64. The Hall–Kier alpha value is -6.21. The molecule has 17 nitrogen and oxygen atoms in total. The van der Waals surface area contributed by atoms with Crippen LogP contribution in [-0.4, -0.2) is 137 Å². The highest BCUT2D eigenvalue weighted by molar-refractivity contribution is 7.13. The Morgan fingerprint density at radius 1 is 0.959 bits per heavy atom. The summed E-state index contributed by atoms with van der Waals surface area (Å²) in [7, 11) is 0. The maximum atomic E-state index is 14.1. The molecule has 4 N–H and O–H groups in total. The van der Waals surface area contributed by atoms with E-state index in [0.717, 1.165) is 33.8 Å². The molecule has 0 spiro atoms. The number of β-amino-alcohol motifs (C(OH)–C–C–N with tert-alkyl or cyclic N) is 1. The Labute approximate surface area is 427 Å². The molecular formula is C52H65F3N10O7S. The Balaban J connectivity index is 0.836. The van der Waals surface area contributed by atoms with Gasteiger partial charge in [-0.3, -0.25) is 24.1 Å². The third-order valence-electron chi connectivity index (χ3n) is 14.2.